The van der Waals surface area contributed by atoms with E-state index in [2.05, 4.69) is 23.6 Å². The summed E-state index contributed by atoms with van der Waals surface area (Å²) < 4.78 is 5.41. The van der Waals surface area contributed by atoms with E-state index in [0.29, 0.717) is 29.7 Å². The second kappa shape index (κ2) is 9.53. The van der Waals surface area contributed by atoms with Crippen molar-refractivity contribution in [3.63, 3.8) is 0 Å². The lowest BCUT2D eigenvalue weighted by molar-refractivity contribution is -0.137. The molecule has 0 aliphatic carbocycles. The molecule has 2 unspecified atom stereocenters. The van der Waals surface area contributed by atoms with E-state index in [-0.39, 0.29) is 11.8 Å². The maximum absolute atomic E-state index is 13.5. The van der Waals surface area contributed by atoms with Gasteiger partial charge >= 0.3 is 0 Å². The molecule has 2 amide bonds. The normalized spacial score (nSPS) is 25.6. The lowest BCUT2D eigenvalue weighted by atomic mass is 9.91. The summed E-state index contributed by atoms with van der Waals surface area (Å²) in [7, 11) is 0. The number of carbonyl (C=O) groups is 2. The zero-order valence-corrected chi connectivity index (χ0v) is 19.1. The molecule has 2 saturated heterocycles. The number of piperidine rings is 1. The number of morpholine rings is 1. The van der Waals surface area contributed by atoms with Crippen molar-refractivity contribution in [1.29, 1.82) is 0 Å². The average Bonchev–Trinajstić information content (AvgIpc) is 2.99. The fraction of sp³-hybridized carbons (Fsp3) is 0.600. The monoisotopic (exact) mass is 425 g/mol. The molecule has 0 spiro atoms. The molecule has 168 valence electrons. The highest BCUT2D eigenvalue weighted by molar-refractivity contribution is 6.35. The van der Waals surface area contributed by atoms with E-state index < -0.39 is 0 Å². The van der Waals surface area contributed by atoms with Crippen LogP contribution in [0, 0.1) is 18.8 Å². The van der Waals surface area contributed by atoms with Gasteiger partial charge in [-0.1, -0.05) is 43.7 Å². The minimum Gasteiger partial charge on any atom is -0.379 e. The second-order valence-corrected chi connectivity index (χ2v) is 9.51. The topological polar surface area (TPSA) is 53.1 Å². The first-order chi connectivity index (χ1) is 14.9. The second-order valence-electron chi connectivity index (χ2n) is 9.51. The third-order valence-corrected chi connectivity index (χ3v) is 6.63. The van der Waals surface area contributed by atoms with E-state index in [0.717, 1.165) is 69.9 Å². The van der Waals surface area contributed by atoms with E-state index in [1.54, 1.807) is 0 Å². The minimum atomic E-state index is -0.142. The lowest BCUT2D eigenvalue weighted by Gasteiger charge is -2.37. The number of nitrogens with zero attached hydrogens (tertiary/aromatic N) is 3. The highest BCUT2D eigenvalue weighted by Gasteiger charge is 2.42. The number of likely N-dealkylation sites (tertiary alicyclic amines) is 1. The Morgan fingerprint density at radius 3 is 2.23 bits per heavy atom. The molecule has 6 nitrogen and oxygen atoms in total. The third kappa shape index (κ3) is 4.85. The number of hydrogen-bond acceptors (Lipinski definition) is 5. The van der Waals surface area contributed by atoms with Crippen LogP contribution in [-0.2, 0) is 14.3 Å². The van der Waals surface area contributed by atoms with Gasteiger partial charge in [0.25, 0.3) is 11.8 Å². The summed E-state index contributed by atoms with van der Waals surface area (Å²) in [6.07, 6.45) is 1.95. The van der Waals surface area contributed by atoms with Gasteiger partial charge in [0.1, 0.15) is 5.70 Å². The first-order valence-electron chi connectivity index (χ1n) is 11.7. The molecular formula is C25H35N3O3. The van der Waals surface area contributed by atoms with E-state index in [1.165, 1.54) is 4.90 Å². The van der Waals surface area contributed by atoms with Gasteiger partial charge in [0.05, 0.1) is 18.8 Å². The van der Waals surface area contributed by atoms with Gasteiger partial charge in [0.15, 0.2) is 0 Å². The maximum atomic E-state index is 13.5. The van der Waals surface area contributed by atoms with Crippen molar-refractivity contribution in [3.05, 3.63) is 41.1 Å². The summed E-state index contributed by atoms with van der Waals surface area (Å²) in [5.74, 6) is 0.753. The van der Waals surface area contributed by atoms with Gasteiger partial charge in [0, 0.05) is 39.3 Å². The molecule has 2 fully saturated rings. The van der Waals surface area contributed by atoms with Crippen LogP contribution in [0.2, 0.25) is 0 Å². The molecule has 6 heteroatoms. The predicted octanol–water partition coefficient (Wildman–Crippen LogP) is 2.78. The van der Waals surface area contributed by atoms with Crippen LogP contribution in [0.4, 0.5) is 0 Å². The lowest BCUT2D eigenvalue weighted by Crippen LogP contribution is -2.42. The Labute approximate surface area is 185 Å². The summed E-state index contributed by atoms with van der Waals surface area (Å²) in [4.78, 5) is 33.0. The van der Waals surface area contributed by atoms with E-state index in [1.807, 2.05) is 31.2 Å². The smallest absolute Gasteiger partial charge is 0.277 e. The van der Waals surface area contributed by atoms with Crippen molar-refractivity contribution < 1.29 is 14.3 Å². The number of benzene rings is 1. The Balaban J connectivity index is 1.56. The zero-order valence-electron chi connectivity index (χ0n) is 19.1. The van der Waals surface area contributed by atoms with Crippen LogP contribution in [0.1, 0.15) is 37.8 Å². The fourth-order valence-corrected chi connectivity index (χ4v) is 5.16. The Hall–Kier alpha value is -2.18. The minimum absolute atomic E-state index is 0.121. The molecule has 0 saturated carbocycles. The van der Waals surface area contributed by atoms with Crippen molar-refractivity contribution in [2.45, 2.75) is 33.6 Å². The molecular weight excluding hydrogens is 390 g/mol. The Kier molecular flexibility index (Phi) is 6.77. The van der Waals surface area contributed by atoms with Gasteiger partial charge < -0.3 is 9.64 Å². The standard InChI is InChI=1S/C25H35N3O3/c1-18-5-7-21(8-6-18)22-23(27-16-19(2)15-20(3)17-27)25(30)28(24(22)29)10-4-9-26-11-13-31-14-12-26/h5-8,19-20H,4,9-17H2,1-3H3. The summed E-state index contributed by atoms with van der Waals surface area (Å²) in [6.45, 7) is 12.9. The highest BCUT2D eigenvalue weighted by Crippen LogP contribution is 2.35. The SMILES string of the molecule is Cc1ccc(C2=C(N3CC(C)CC(C)C3)C(=O)N(CCCN3CCOCC3)C2=O)cc1. The molecule has 0 N–H and O–H groups in total. The fourth-order valence-electron chi connectivity index (χ4n) is 5.16. The molecule has 3 aliphatic heterocycles. The molecule has 3 heterocycles. The highest BCUT2D eigenvalue weighted by atomic mass is 16.5. The molecule has 0 radical (unpaired) electrons. The number of aryl methyl sites for hydroxylation is 1. The molecule has 1 aromatic carbocycles. The average molecular weight is 426 g/mol. The van der Waals surface area contributed by atoms with Gasteiger partial charge in [-0.25, -0.2) is 0 Å². The third-order valence-electron chi connectivity index (χ3n) is 6.63. The number of hydrogen-bond donors (Lipinski definition) is 0. The van der Waals surface area contributed by atoms with Crippen LogP contribution < -0.4 is 0 Å². The van der Waals surface area contributed by atoms with Crippen molar-refractivity contribution in [2.75, 3.05) is 52.5 Å². The first kappa shape index (κ1) is 22.0. The van der Waals surface area contributed by atoms with E-state index in [4.69, 9.17) is 4.74 Å². The van der Waals surface area contributed by atoms with Crippen LogP contribution in [0.25, 0.3) is 5.57 Å². The molecule has 31 heavy (non-hydrogen) atoms. The van der Waals surface area contributed by atoms with Gasteiger partial charge in [-0.3, -0.25) is 19.4 Å². The van der Waals surface area contributed by atoms with Gasteiger partial charge in [0.2, 0.25) is 0 Å². The largest absolute Gasteiger partial charge is 0.379 e. The van der Waals surface area contributed by atoms with Crippen LogP contribution in [0.15, 0.2) is 30.0 Å². The summed E-state index contributed by atoms with van der Waals surface area (Å²) >= 11 is 0. The van der Waals surface area contributed by atoms with Crippen molar-refractivity contribution in [2.24, 2.45) is 11.8 Å². The zero-order chi connectivity index (χ0) is 22.0. The Bertz CT molecular complexity index is 832. The number of ether oxygens (including phenoxy) is 1. The van der Waals surface area contributed by atoms with E-state index >= 15 is 0 Å². The molecule has 4 rings (SSSR count). The van der Waals surface area contributed by atoms with Crippen LogP contribution in [0.5, 0.6) is 0 Å². The summed E-state index contributed by atoms with van der Waals surface area (Å²) in [5, 5.41) is 0. The van der Waals surface area contributed by atoms with Crippen LogP contribution >= 0.6 is 0 Å². The van der Waals surface area contributed by atoms with Crippen LogP contribution in [-0.4, -0.2) is 79.0 Å². The quantitative estimate of drug-likeness (QED) is 0.656. The summed E-state index contributed by atoms with van der Waals surface area (Å²) in [5.41, 5.74) is 3.18. The Morgan fingerprint density at radius 1 is 0.935 bits per heavy atom. The van der Waals surface area contributed by atoms with E-state index in [9.17, 15) is 9.59 Å². The number of amides is 2. The molecule has 3 aliphatic rings. The van der Waals surface area contributed by atoms with Gasteiger partial charge in [-0.2, -0.15) is 0 Å². The predicted molar refractivity (Wildman–Crippen MR) is 121 cm³/mol. The first-order valence-corrected chi connectivity index (χ1v) is 11.7. The van der Waals surface area contributed by atoms with Gasteiger partial charge in [-0.15, -0.1) is 0 Å². The maximum Gasteiger partial charge on any atom is 0.277 e. The van der Waals surface area contributed by atoms with Crippen molar-refractivity contribution in [1.82, 2.24) is 14.7 Å². The van der Waals surface area contributed by atoms with Crippen molar-refractivity contribution >= 4 is 17.4 Å². The number of rotatable bonds is 6. The number of imide groups is 1. The summed E-state index contributed by atoms with van der Waals surface area (Å²) in [6, 6.07) is 7.98. The molecule has 0 bridgehead atoms. The molecule has 2 atom stereocenters. The van der Waals surface area contributed by atoms with Crippen LogP contribution in [0.3, 0.4) is 0 Å². The molecule has 0 aromatic heterocycles. The number of carbonyl (C=O) groups excluding carboxylic acids is 2. The van der Waals surface area contributed by atoms with Gasteiger partial charge in [-0.05, 0) is 37.2 Å². The Morgan fingerprint density at radius 2 is 1.58 bits per heavy atom. The molecule has 1 aromatic rings. The van der Waals surface area contributed by atoms with Crippen molar-refractivity contribution in [3.8, 4) is 0 Å².